The highest BCUT2D eigenvalue weighted by Crippen LogP contribution is 2.32. The van der Waals surface area contributed by atoms with Crippen molar-refractivity contribution in [2.75, 3.05) is 7.11 Å². The van der Waals surface area contributed by atoms with E-state index in [-0.39, 0.29) is 6.04 Å². The molecule has 0 spiro atoms. The maximum absolute atomic E-state index is 6.43. The predicted molar refractivity (Wildman–Crippen MR) is 83.0 cm³/mol. The summed E-state index contributed by atoms with van der Waals surface area (Å²) in [6, 6.07) is 22.3. The molecule has 0 aliphatic carbocycles. The van der Waals surface area contributed by atoms with E-state index < -0.39 is 0 Å². The first-order valence-corrected chi connectivity index (χ1v) is 6.67. The molecule has 0 saturated carbocycles. The molecule has 0 aromatic heterocycles. The number of rotatable bonds is 3. The molecule has 3 rings (SSSR count). The highest BCUT2D eigenvalue weighted by atomic mass is 16.5. The molecule has 100 valence electrons. The summed E-state index contributed by atoms with van der Waals surface area (Å²) < 4.78 is 5.43. The molecule has 0 saturated heterocycles. The Morgan fingerprint density at radius 1 is 0.800 bits per heavy atom. The Kier molecular flexibility index (Phi) is 3.40. The third-order valence-corrected chi connectivity index (χ3v) is 3.63. The van der Waals surface area contributed by atoms with Gasteiger partial charge in [-0.1, -0.05) is 60.7 Å². The van der Waals surface area contributed by atoms with Crippen LogP contribution in [0.15, 0.2) is 66.7 Å². The van der Waals surface area contributed by atoms with Gasteiger partial charge in [-0.15, -0.1) is 0 Å². The minimum absolute atomic E-state index is 0.132. The molecule has 1 atom stereocenters. The summed E-state index contributed by atoms with van der Waals surface area (Å²) in [5.41, 5.74) is 8.66. The molecule has 2 nitrogen and oxygen atoms in total. The van der Waals surface area contributed by atoms with Crippen molar-refractivity contribution >= 4 is 10.8 Å². The fourth-order valence-electron chi connectivity index (χ4n) is 2.58. The van der Waals surface area contributed by atoms with Gasteiger partial charge in [-0.3, -0.25) is 0 Å². The summed E-state index contributed by atoms with van der Waals surface area (Å²) >= 11 is 0. The average Bonchev–Trinajstić information content (AvgIpc) is 2.54. The maximum atomic E-state index is 6.43. The van der Waals surface area contributed by atoms with Crippen molar-refractivity contribution in [2.24, 2.45) is 5.73 Å². The zero-order chi connectivity index (χ0) is 13.9. The maximum Gasteiger partial charge on any atom is 0.126 e. The van der Waals surface area contributed by atoms with Gasteiger partial charge >= 0.3 is 0 Å². The van der Waals surface area contributed by atoms with E-state index in [1.54, 1.807) is 7.11 Å². The van der Waals surface area contributed by atoms with E-state index in [4.69, 9.17) is 10.5 Å². The van der Waals surface area contributed by atoms with Gasteiger partial charge in [-0.2, -0.15) is 0 Å². The Morgan fingerprint density at radius 2 is 1.45 bits per heavy atom. The lowest BCUT2D eigenvalue weighted by atomic mass is 9.94. The number of nitrogens with two attached hydrogens (primary N) is 1. The van der Waals surface area contributed by atoms with Gasteiger partial charge in [0.1, 0.15) is 5.75 Å². The number of ether oxygens (including phenoxy) is 1. The second kappa shape index (κ2) is 5.35. The molecular formula is C18H17NO. The minimum atomic E-state index is -0.132. The van der Waals surface area contributed by atoms with Gasteiger partial charge in [0.2, 0.25) is 0 Å². The van der Waals surface area contributed by atoms with Crippen LogP contribution in [0.2, 0.25) is 0 Å². The Morgan fingerprint density at radius 3 is 2.15 bits per heavy atom. The molecule has 0 aliphatic heterocycles. The first kappa shape index (κ1) is 12.7. The standard InChI is InChI=1S/C18H17NO/c1-20-17-12-11-16(14-9-5-6-10-15(14)17)18(19)13-7-3-2-4-8-13/h2-12,18H,19H2,1H3. The normalized spacial score (nSPS) is 12.3. The molecule has 0 radical (unpaired) electrons. The monoisotopic (exact) mass is 263 g/mol. The van der Waals surface area contributed by atoms with E-state index in [0.29, 0.717) is 0 Å². The fraction of sp³-hybridized carbons (Fsp3) is 0.111. The molecule has 2 N–H and O–H groups in total. The summed E-state index contributed by atoms with van der Waals surface area (Å²) in [5.74, 6) is 0.879. The van der Waals surface area contributed by atoms with Crippen LogP contribution in [0.4, 0.5) is 0 Å². The SMILES string of the molecule is COc1ccc(C(N)c2ccccc2)c2ccccc12. The number of methoxy groups -OCH3 is 1. The summed E-state index contributed by atoms with van der Waals surface area (Å²) in [7, 11) is 1.69. The minimum Gasteiger partial charge on any atom is -0.496 e. The average molecular weight is 263 g/mol. The third-order valence-electron chi connectivity index (χ3n) is 3.63. The quantitative estimate of drug-likeness (QED) is 0.778. The number of benzene rings is 3. The van der Waals surface area contributed by atoms with Gasteiger partial charge in [0, 0.05) is 5.39 Å². The Hall–Kier alpha value is -2.32. The van der Waals surface area contributed by atoms with Crippen molar-refractivity contribution in [1.29, 1.82) is 0 Å². The molecular weight excluding hydrogens is 246 g/mol. The van der Waals surface area contributed by atoms with E-state index >= 15 is 0 Å². The molecule has 1 unspecified atom stereocenters. The van der Waals surface area contributed by atoms with Crippen LogP contribution in [0.25, 0.3) is 10.8 Å². The lowest BCUT2D eigenvalue weighted by Crippen LogP contribution is -2.12. The fourth-order valence-corrected chi connectivity index (χ4v) is 2.58. The zero-order valence-electron chi connectivity index (χ0n) is 11.4. The Bertz CT molecular complexity index is 722. The van der Waals surface area contributed by atoms with E-state index in [9.17, 15) is 0 Å². The summed E-state index contributed by atoms with van der Waals surface area (Å²) in [4.78, 5) is 0. The highest BCUT2D eigenvalue weighted by molar-refractivity contribution is 5.91. The van der Waals surface area contributed by atoms with Gasteiger partial charge in [-0.05, 0) is 22.6 Å². The number of fused-ring (bicyclic) bond motifs is 1. The summed E-state index contributed by atoms with van der Waals surface area (Å²) in [6.07, 6.45) is 0. The van der Waals surface area contributed by atoms with Crippen LogP contribution < -0.4 is 10.5 Å². The van der Waals surface area contributed by atoms with Crippen molar-refractivity contribution in [2.45, 2.75) is 6.04 Å². The third kappa shape index (κ3) is 2.15. The van der Waals surface area contributed by atoms with Gasteiger partial charge < -0.3 is 10.5 Å². The van der Waals surface area contributed by atoms with Crippen LogP contribution >= 0.6 is 0 Å². The van der Waals surface area contributed by atoms with Crippen molar-refractivity contribution in [3.8, 4) is 5.75 Å². The lowest BCUT2D eigenvalue weighted by Gasteiger charge is -2.16. The van der Waals surface area contributed by atoms with Crippen LogP contribution in [-0.2, 0) is 0 Å². The van der Waals surface area contributed by atoms with Crippen LogP contribution in [0.5, 0.6) is 5.75 Å². The van der Waals surface area contributed by atoms with Gasteiger partial charge in [-0.25, -0.2) is 0 Å². The van der Waals surface area contributed by atoms with E-state index in [2.05, 4.69) is 30.3 Å². The van der Waals surface area contributed by atoms with Crippen molar-refractivity contribution < 1.29 is 4.74 Å². The summed E-state index contributed by atoms with van der Waals surface area (Å²) in [5, 5.41) is 2.24. The predicted octanol–water partition coefficient (Wildman–Crippen LogP) is 3.90. The van der Waals surface area contributed by atoms with Crippen LogP contribution in [-0.4, -0.2) is 7.11 Å². The molecule has 0 fully saturated rings. The topological polar surface area (TPSA) is 35.2 Å². The second-order valence-corrected chi connectivity index (χ2v) is 4.79. The van der Waals surface area contributed by atoms with Gasteiger partial charge in [0.15, 0.2) is 0 Å². The molecule has 3 aromatic carbocycles. The Balaban J connectivity index is 2.18. The zero-order valence-corrected chi connectivity index (χ0v) is 11.4. The van der Waals surface area contributed by atoms with Crippen LogP contribution in [0, 0.1) is 0 Å². The smallest absolute Gasteiger partial charge is 0.126 e. The lowest BCUT2D eigenvalue weighted by molar-refractivity contribution is 0.419. The van der Waals surface area contributed by atoms with E-state index in [0.717, 1.165) is 27.6 Å². The number of hydrogen-bond donors (Lipinski definition) is 1. The molecule has 0 heterocycles. The number of hydrogen-bond acceptors (Lipinski definition) is 2. The van der Waals surface area contributed by atoms with Crippen LogP contribution in [0.3, 0.4) is 0 Å². The molecule has 0 amide bonds. The van der Waals surface area contributed by atoms with Crippen molar-refractivity contribution in [3.63, 3.8) is 0 Å². The van der Waals surface area contributed by atoms with Gasteiger partial charge in [0.25, 0.3) is 0 Å². The summed E-state index contributed by atoms with van der Waals surface area (Å²) in [6.45, 7) is 0. The molecule has 2 heteroatoms. The molecule has 3 aromatic rings. The van der Waals surface area contributed by atoms with Gasteiger partial charge in [0.05, 0.1) is 13.2 Å². The Labute approximate surface area is 118 Å². The van der Waals surface area contributed by atoms with Crippen molar-refractivity contribution in [1.82, 2.24) is 0 Å². The molecule has 0 bridgehead atoms. The first-order chi connectivity index (χ1) is 9.81. The molecule has 20 heavy (non-hydrogen) atoms. The molecule has 0 aliphatic rings. The van der Waals surface area contributed by atoms with E-state index in [1.165, 1.54) is 0 Å². The van der Waals surface area contributed by atoms with Crippen LogP contribution in [0.1, 0.15) is 17.2 Å². The second-order valence-electron chi connectivity index (χ2n) is 4.79. The largest absolute Gasteiger partial charge is 0.496 e. The first-order valence-electron chi connectivity index (χ1n) is 6.67. The van der Waals surface area contributed by atoms with Crippen molar-refractivity contribution in [3.05, 3.63) is 77.9 Å². The highest BCUT2D eigenvalue weighted by Gasteiger charge is 2.13. The van der Waals surface area contributed by atoms with E-state index in [1.807, 2.05) is 36.4 Å².